The van der Waals surface area contributed by atoms with Crippen molar-refractivity contribution in [2.24, 2.45) is 0 Å². The highest BCUT2D eigenvalue weighted by molar-refractivity contribution is 7.89. The van der Waals surface area contributed by atoms with Crippen LogP contribution in [0.1, 0.15) is 13.3 Å². The van der Waals surface area contributed by atoms with E-state index in [2.05, 4.69) is 16.6 Å². The van der Waals surface area contributed by atoms with Gasteiger partial charge in [-0.3, -0.25) is 4.79 Å². The van der Waals surface area contributed by atoms with E-state index in [0.717, 1.165) is 0 Å². The maximum absolute atomic E-state index is 11.0. The Hall–Kier alpha value is -1.06. The van der Waals surface area contributed by atoms with Crippen LogP contribution in [0.5, 0.6) is 0 Å². The lowest BCUT2D eigenvalue weighted by Gasteiger charge is -2.00. The van der Waals surface area contributed by atoms with Crippen LogP contribution in [0.15, 0.2) is 0 Å². The standard InChI is InChI=1S/C7H11NO4S/c1-2-3-5-8-13(11,12)6-4-7(9)10/h8H,4-6H2,1H3,(H,9,10). The molecule has 2 N–H and O–H groups in total. The topological polar surface area (TPSA) is 83.5 Å². The van der Waals surface area contributed by atoms with E-state index >= 15 is 0 Å². The largest absolute Gasteiger partial charge is 0.481 e. The van der Waals surface area contributed by atoms with Crippen molar-refractivity contribution in [1.29, 1.82) is 0 Å². The van der Waals surface area contributed by atoms with Crippen molar-refractivity contribution >= 4 is 16.0 Å². The SMILES string of the molecule is CC#CCNS(=O)(=O)CCC(=O)O. The molecule has 0 aliphatic rings. The molecule has 0 radical (unpaired) electrons. The molecule has 0 aliphatic carbocycles. The van der Waals surface area contributed by atoms with Gasteiger partial charge in [-0.15, -0.1) is 5.92 Å². The number of rotatable bonds is 5. The third-order valence-electron chi connectivity index (χ3n) is 1.14. The predicted molar refractivity (Wildman–Crippen MR) is 47.5 cm³/mol. The molecule has 74 valence electrons. The van der Waals surface area contributed by atoms with Gasteiger partial charge >= 0.3 is 5.97 Å². The molecule has 0 aliphatic heterocycles. The van der Waals surface area contributed by atoms with Crippen molar-refractivity contribution in [3.8, 4) is 11.8 Å². The first kappa shape index (κ1) is 11.9. The minimum Gasteiger partial charge on any atom is -0.481 e. The Labute approximate surface area is 77.2 Å². The summed E-state index contributed by atoms with van der Waals surface area (Å²) in [6.07, 6.45) is -0.394. The lowest BCUT2D eigenvalue weighted by molar-refractivity contribution is -0.136. The fourth-order valence-electron chi connectivity index (χ4n) is 0.528. The second-order valence-electron chi connectivity index (χ2n) is 2.21. The molecule has 0 amide bonds. The molecule has 0 fully saturated rings. The van der Waals surface area contributed by atoms with Crippen LogP contribution in [0, 0.1) is 11.8 Å². The van der Waals surface area contributed by atoms with Gasteiger partial charge in [0.25, 0.3) is 0 Å². The van der Waals surface area contributed by atoms with Crippen LogP contribution in [0.25, 0.3) is 0 Å². The van der Waals surface area contributed by atoms with Gasteiger partial charge in [-0.1, -0.05) is 5.92 Å². The molecule has 5 nitrogen and oxygen atoms in total. The van der Waals surface area contributed by atoms with Gasteiger partial charge < -0.3 is 5.11 Å². The van der Waals surface area contributed by atoms with Crippen LogP contribution in [-0.2, 0) is 14.8 Å². The van der Waals surface area contributed by atoms with Gasteiger partial charge in [0.2, 0.25) is 10.0 Å². The first-order valence-corrected chi connectivity index (χ1v) is 5.22. The van der Waals surface area contributed by atoms with E-state index < -0.39 is 28.2 Å². The molecule has 0 spiro atoms. The Bertz CT molecular complexity index is 322. The van der Waals surface area contributed by atoms with Gasteiger partial charge in [0.05, 0.1) is 18.7 Å². The van der Waals surface area contributed by atoms with E-state index in [0.29, 0.717) is 0 Å². The van der Waals surface area contributed by atoms with Crippen LogP contribution in [0.2, 0.25) is 0 Å². The van der Waals surface area contributed by atoms with Gasteiger partial charge in [0.1, 0.15) is 0 Å². The summed E-state index contributed by atoms with van der Waals surface area (Å²) in [6, 6.07) is 0. The zero-order chi connectivity index (χ0) is 10.3. The first-order chi connectivity index (χ1) is 5.98. The molecule has 0 bridgehead atoms. The minimum absolute atomic E-state index is 0.0262. The summed E-state index contributed by atoms with van der Waals surface area (Å²) in [5.74, 6) is 3.47. The average Bonchev–Trinajstić information content (AvgIpc) is 2.02. The van der Waals surface area contributed by atoms with Crippen molar-refractivity contribution < 1.29 is 18.3 Å². The van der Waals surface area contributed by atoms with E-state index in [1.54, 1.807) is 6.92 Å². The van der Waals surface area contributed by atoms with E-state index in [1.165, 1.54) is 0 Å². The quantitative estimate of drug-likeness (QED) is 0.587. The number of carbonyl (C=O) groups is 1. The van der Waals surface area contributed by atoms with E-state index in [1.807, 2.05) is 0 Å². The van der Waals surface area contributed by atoms with Gasteiger partial charge in [-0.25, -0.2) is 13.1 Å². The molecular weight excluding hydrogens is 194 g/mol. The maximum Gasteiger partial charge on any atom is 0.304 e. The van der Waals surface area contributed by atoms with Crippen molar-refractivity contribution in [2.45, 2.75) is 13.3 Å². The lowest BCUT2D eigenvalue weighted by Crippen LogP contribution is -2.27. The van der Waals surface area contributed by atoms with Crippen molar-refractivity contribution in [3.63, 3.8) is 0 Å². The van der Waals surface area contributed by atoms with Crippen LogP contribution in [-0.4, -0.2) is 31.8 Å². The number of sulfonamides is 1. The van der Waals surface area contributed by atoms with Crippen molar-refractivity contribution in [1.82, 2.24) is 4.72 Å². The fourth-order valence-corrected chi connectivity index (χ4v) is 1.41. The normalized spacial score (nSPS) is 10.2. The average molecular weight is 205 g/mol. The van der Waals surface area contributed by atoms with E-state index in [9.17, 15) is 13.2 Å². The third-order valence-corrected chi connectivity index (χ3v) is 2.47. The molecule has 13 heavy (non-hydrogen) atoms. The highest BCUT2D eigenvalue weighted by Gasteiger charge is 2.10. The molecule has 0 saturated heterocycles. The fraction of sp³-hybridized carbons (Fsp3) is 0.571. The second-order valence-corrected chi connectivity index (χ2v) is 4.14. The molecule has 6 heteroatoms. The smallest absolute Gasteiger partial charge is 0.304 e. The highest BCUT2D eigenvalue weighted by atomic mass is 32.2. The number of aliphatic carboxylic acids is 1. The summed E-state index contributed by atoms with van der Waals surface area (Å²) < 4.78 is 24.1. The number of hydrogen-bond donors (Lipinski definition) is 2. The summed E-state index contributed by atoms with van der Waals surface area (Å²) in [6.45, 7) is 1.62. The summed E-state index contributed by atoms with van der Waals surface area (Å²) in [5, 5.41) is 8.23. The van der Waals surface area contributed by atoms with Crippen LogP contribution in [0.4, 0.5) is 0 Å². The predicted octanol–water partition coefficient (Wildman–Crippen LogP) is -0.596. The van der Waals surface area contributed by atoms with Gasteiger partial charge in [-0.2, -0.15) is 0 Å². The molecule has 0 aromatic carbocycles. The molecule has 0 heterocycles. The Morgan fingerprint density at radius 1 is 1.54 bits per heavy atom. The molecular formula is C7H11NO4S. The van der Waals surface area contributed by atoms with E-state index in [-0.39, 0.29) is 6.54 Å². The molecule has 0 unspecified atom stereocenters. The number of carboxylic acids is 1. The maximum atomic E-state index is 11.0. The lowest BCUT2D eigenvalue weighted by atomic mass is 10.5. The van der Waals surface area contributed by atoms with Gasteiger partial charge in [-0.05, 0) is 6.92 Å². The molecule has 0 atom stereocenters. The Morgan fingerprint density at radius 2 is 2.15 bits per heavy atom. The minimum atomic E-state index is -3.48. The molecule has 0 saturated carbocycles. The van der Waals surface area contributed by atoms with Gasteiger partial charge in [0.15, 0.2) is 0 Å². The monoisotopic (exact) mass is 205 g/mol. The van der Waals surface area contributed by atoms with E-state index in [4.69, 9.17) is 5.11 Å². The number of carboxylic acid groups (broad SMARTS) is 1. The molecule has 0 aromatic rings. The zero-order valence-corrected chi connectivity index (χ0v) is 8.02. The highest BCUT2D eigenvalue weighted by Crippen LogP contribution is 1.88. The molecule has 0 rings (SSSR count). The van der Waals surface area contributed by atoms with Gasteiger partial charge in [0, 0.05) is 0 Å². The summed E-state index contributed by atoms with van der Waals surface area (Å²) in [7, 11) is -3.48. The Morgan fingerprint density at radius 3 is 2.62 bits per heavy atom. The number of nitrogens with one attached hydrogen (secondary N) is 1. The zero-order valence-electron chi connectivity index (χ0n) is 7.20. The van der Waals surface area contributed by atoms with Crippen LogP contribution in [0.3, 0.4) is 0 Å². The Kier molecular flexibility index (Phi) is 5.11. The Balaban J connectivity index is 3.92. The van der Waals surface area contributed by atoms with Crippen LogP contribution >= 0.6 is 0 Å². The van der Waals surface area contributed by atoms with Crippen molar-refractivity contribution in [2.75, 3.05) is 12.3 Å². The number of hydrogen-bond acceptors (Lipinski definition) is 3. The van der Waals surface area contributed by atoms with Crippen LogP contribution < -0.4 is 4.72 Å². The summed E-state index contributed by atoms with van der Waals surface area (Å²) >= 11 is 0. The van der Waals surface area contributed by atoms with Crippen molar-refractivity contribution in [3.05, 3.63) is 0 Å². The third kappa shape index (κ3) is 7.31. The molecule has 0 aromatic heterocycles. The summed E-state index contributed by atoms with van der Waals surface area (Å²) in [4.78, 5) is 10.1. The first-order valence-electron chi connectivity index (χ1n) is 3.56. The summed E-state index contributed by atoms with van der Waals surface area (Å²) in [5.41, 5.74) is 0. The second kappa shape index (κ2) is 5.56.